The van der Waals surface area contributed by atoms with E-state index >= 15 is 0 Å². The number of aryl methyl sites for hydroxylation is 1. The van der Waals surface area contributed by atoms with Gasteiger partial charge in [-0.05, 0) is 61.2 Å². The Hall–Kier alpha value is 0.140. The van der Waals surface area contributed by atoms with Crippen molar-refractivity contribution in [3.05, 3.63) is 20.8 Å². The lowest BCUT2D eigenvalue weighted by Crippen LogP contribution is -2.18. The van der Waals surface area contributed by atoms with Gasteiger partial charge in [0.2, 0.25) is 0 Å². The van der Waals surface area contributed by atoms with E-state index in [-0.39, 0.29) is 0 Å². The predicted octanol–water partition coefficient (Wildman–Crippen LogP) is 3.60. The van der Waals surface area contributed by atoms with E-state index in [1.807, 2.05) is 13.8 Å². The molecule has 1 nitrogen and oxygen atoms in total. The summed E-state index contributed by atoms with van der Waals surface area (Å²) in [5.74, 6) is 0. The smallest absolute Gasteiger partial charge is 0.0701 e. The summed E-state index contributed by atoms with van der Waals surface area (Å²) in [6.07, 6.45) is 2.99. The van der Waals surface area contributed by atoms with Crippen LogP contribution in [0.1, 0.15) is 31.6 Å². The van der Waals surface area contributed by atoms with Crippen molar-refractivity contribution in [3.8, 4) is 0 Å². The Balaban J connectivity index is 2.28. The maximum Gasteiger partial charge on any atom is 0.0701 e. The first kappa shape index (κ1) is 11.2. The third-order valence-corrected chi connectivity index (χ3v) is 3.52. The first-order valence-corrected chi connectivity index (χ1v) is 6.05. The van der Waals surface area contributed by atoms with E-state index in [0.717, 1.165) is 19.3 Å². The molecule has 0 aliphatic carbocycles. The molecule has 0 unspecified atom stereocenters. The average Bonchev–Trinajstić information content (AvgIpc) is 2.33. The predicted molar refractivity (Wildman–Crippen MR) is 61.3 cm³/mol. The van der Waals surface area contributed by atoms with E-state index in [2.05, 4.69) is 28.1 Å². The van der Waals surface area contributed by atoms with Crippen molar-refractivity contribution in [2.45, 2.75) is 38.7 Å². The van der Waals surface area contributed by atoms with Gasteiger partial charge in [-0.2, -0.15) is 0 Å². The zero-order valence-electron chi connectivity index (χ0n) is 8.01. The molecule has 1 aromatic heterocycles. The largest absolute Gasteiger partial charge is 0.390 e. The summed E-state index contributed by atoms with van der Waals surface area (Å²) in [7, 11) is 0. The number of aliphatic hydroxyl groups is 1. The standard InChI is InChI=1S/C10H15BrOS/c1-10(2,12)7-3-4-8-5-6-9(11)13-8/h5-6,12H,3-4,7H2,1-2H3. The Labute approximate surface area is 91.9 Å². The summed E-state index contributed by atoms with van der Waals surface area (Å²) in [5.41, 5.74) is -0.519. The molecule has 0 bridgehead atoms. The molecular formula is C10H15BrOS. The Morgan fingerprint density at radius 2 is 2.15 bits per heavy atom. The summed E-state index contributed by atoms with van der Waals surface area (Å²) in [4.78, 5) is 1.39. The van der Waals surface area contributed by atoms with Crippen LogP contribution in [0.5, 0.6) is 0 Å². The lowest BCUT2D eigenvalue weighted by Gasteiger charge is -2.15. The van der Waals surface area contributed by atoms with Crippen LogP contribution >= 0.6 is 27.3 Å². The quantitative estimate of drug-likeness (QED) is 0.879. The van der Waals surface area contributed by atoms with Crippen molar-refractivity contribution in [3.63, 3.8) is 0 Å². The first-order valence-electron chi connectivity index (χ1n) is 4.44. The molecule has 0 atom stereocenters. The van der Waals surface area contributed by atoms with E-state index in [1.54, 1.807) is 11.3 Å². The molecule has 0 spiro atoms. The lowest BCUT2D eigenvalue weighted by molar-refractivity contribution is 0.0690. The van der Waals surface area contributed by atoms with Gasteiger partial charge in [0.1, 0.15) is 0 Å². The highest BCUT2D eigenvalue weighted by molar-refractivity contribution is 9.11. The van der Waals surface area contributed by atoms with Crippen LogP contribution in [-0.4, -0.2) is 10.7 Å². The maximum absolute atomic E-state index is 9.50. The minimum Gasteiger partial charge on any atom is -0.390 e. The van der Waals surface area contributed by atoms with Gasteiger partial charge in [0, 0.05) is 4.88 Å². The van der Waals surface area contributed by atoms with Crippen molar-refractivity contribution >= 4 is 27.3 Å². The molecule has 0 aromatic carbocycles. The zero-order chi connectivity index (χ0) is 9.90. The lowest BCUT2D eigenvalue weighted by atomic mass is 10.0. The van der Waals surface area contributed by atoms with E-state index < -0.39 is 5.60 Å². The monoisotopic (exact) mass is 262 g/mol. The third-order valence-electron chi connectivity index (χ3n) is 1.84. The fraction of sp³-hybridized carbons (Fsp3) is 0.600. The van der Waals surface area contributed by atoms with Crippen molar-refractivity contribution in [2.24, 2.45) is 0 Å². The van der Waals surface area contributed by atoms with Crippen molar-refractivity contribution in [1.82, 2.24) is 0 Å². The topological polar surface area (TPSA) is 20.2 Å². The molecule has 0 amide bonds. The second-order valence-corrected chi connectivity index (χ2v) is 6.42. The van der Waals surface area contributed by atoms with Crippen LogP contribution in [-0.2, 0) is 6.42 Å². The van der Waals surface area contributed by atoms with Gasteiger partial charge in [0.05, 0.1) is 9.39 Å². The molecule has 1 rings (SSSR count). The second-order valence-electron chi connectivity index (χ2n) is 3.87. The van der Waals surface area contributed by atoms with E-state index in [4.69, 9.17) is 0 Å². The molecule has 0 aliphatic heterocycles. The maximum atomic E-state index is 9.50. The Bertz CT molecular complexity index is 262. The molecule has 0 fully saturated rings. The number of halogens is 1. The van der Waals surface area contributed by atoms with Gasteiger partial charge in [-0.15, -0.1) is 11.3 Å². The van der Waals surface area contributed by atoms with Crippen molar-refractivity contribution in [1.29, 1.82) is 0 Å². The summed E-state index contributed by atoms with van der Waals surface area (Å²) in [6.45, 7) is 3.72. The molecular weight excluding hydrogens is 248 g/mol. The van der Waals surface area contributed by atoms with Crippen LogP contribution in [0.2, 0.25) is 0 Å². The number of rotatable bonds is 4. The highest BCUT2D eigenvalue weighted by Gasteiger charge is 2.11. The van der Waals surface area contributed by atoms with Gasteiger partial charge < -0.3 is 5.11 Å². The van der Waals surface area contributed by atoms with E-state index in [9.17, 15) is 5.11 Å². The fourth-order valence-electron chi connectivity index (χ4n) is 1.18. The minimum atomic E-state index is -0.519. The van der Waals surface area contributed by atoms with Crippen LogP contribution in [0, 0.1) is 0 Å². The molecule has 1 heterocycles. The number of thiophene rings is 1. The minimum absolute atomic E-state index is 0.519. The first-order chi connectivity index (χ1) is 5.97. The Kier molecular flexibility index (Phi) is 3.95. The van der Waals surface area contributed by atoms with Crippen LogP contribution in [0.4, 0.5) is 0 Å². The average molecular weight is 263 g/mol. The summed E-state index contributed by atoms with van der Waals surface area (Å²) >= 11 is 5.21. The Morgan fingerprint density at radius 3 is 2.62 bits per heavy atom. The zero-order valence-corrected chi connectivity index (χ0v) is 10.4. The molecule has 0 aliphatic rings. The van der Waals surface area contributed by atoms with Gasteiger partial charge in [-0.25, -0.2) is 0 Å². The molecule has 0 saturated heterocycles. The molecule has 1 aromatic rings. The van der Waals surface area contributed by atoms with Crippen molar-refractivity contribution in [2.75, 3.05) is 0 Å². The second kappa shape index (κ2) is 4.58. The van der Waals surface area contributed by atoms with E-state index in [1.165, 1.54) is 8.66 Å². The number of hydrogen-bond acceptors (Lipinski definition) is 2. The third kappa shape index (κ3) is 4.79. The van der Waals surface area contributed by atoms with Gasteiger partial charge in [0.15, 0.2) is 0 Å². The Morgan fingerprint density at radius 1 is 1.46 bits per heavy atom. The number of hydrogen-bond donors (Lipinski definition) is 1. The van der Waals surface area contributed by atoms with Gasteiger partial charge in [0.25, 0.3) is 0 Å². The van der Waals surface area contributed by atoms with Crippen LogP contribution in [0.15, 0.2) is 15.9 Å². The van der Waals surface area contributed by atoms with Crippen LogP contribution in [0.3, 0.4) is 0 Å². The van der Waals surface area contributed by atoms with Gasteiger partial charge in [-0.3, -0.25) is 0 Å². The molecule has 3 heteroatoms. The van der Waals surface area contributed by atoms with E-state index in [0.29, 0.717) is 0 Å². The van der Waals surface area contributed by atoms with Crippen LogP contribution < -0.4 is 0 Å². The molecule has 74 valence electrons. The summed E-state index contributed by atoms with van der Waals surface area (Å²) < 4.78 is 1.19. The molecule has 13 heavy (non-hydrogen) atoms. The van der Waals surface area contributed by atoms with Gasteiger partial charge >= 0.3 is 0 Å². The molecule has 0 saturated carbocycles. The summed E-state index contributed by atoms with van der Waals surface area (Å²) in [6, 6.07) is 4.21. The summed E-state index contributed by atoms with van der Waals surface area (Å²) in [5, 5.41) is 9.50. The van der Waals surface area contributed by atoms with Crippen LogP contribution in [0.25, 0.3) is 0 Å². The normalized spacial score (nSPS) is 12.0. The van der Waals surface area contributed by atoms with Gasteiger partial charge in [-0.1, -0.05) is 0 Å². The molecule has 0 radical (unpaired) electrons. The highest BCUT2D eigenvalue weighted by atomic mass is 79.9. The molecule has 1 N–H and O–H groups in total. The SMILES string of the molecule is CC(C)(O)CCCc1ccc(Br)s1. The van der Waals surface area contributed by atoms with Crippen molar-refractivity contribution < 1.29 is 5.11 Å². The fourth-order valence-corrected chi connectivity index (χ4v) is 2.71. The highest BCUT2D eigenvalue weighted by Crippen LogP contribution is 2.24.